The molecule has 1 aromatic heterocycles. The highest BCUT2D eigenvalue weighted by atomic mass is 15.0. The normalized spacial score (nSPS) is 10.6. The highest BCUT2D eigenvalue weighted by Gasteiger charge is 2.03. The molecule has 0 aliphatic carbocycles. The molecule has 0 unspecified atom stereocenters. The molecule has 0 radical (unpaired) electrons. The zero-order valence-corrected chi connectivity index (χ0v) is 9.04. The van der Waals surface area contributed by atoms with Gasteiger partial charge in [0.1, 0.15) is 5.82 Å². The molecule has 0 aliphatic rings. The summed E-state index contributed by atoms with van der Waals surface area (Å²) >= 11 is 0. The molecule has 4 heteroatoms. The number of hydrogen-bond donors (Lipinski definition) is 2. The van der Waals surface area contributed by atoms with Crippen LogP contribution < -0.4 is 11.1 Å². The number of likely N-dealkylation sites (N-methyl/N-ethyl adjacent to an activating group) is 1. The maximum absolute atomic E-state index is 5.68. The van der Waals surface area contributed by atoms with Gasteiger partial charge in [-0.2, -0.15) is 0 Å². The zero-order chi connectivity index (χ0) is 10.6. The van der Waals surface area contributed by atoms with E-state index in [0.717, 1.165) is 24.5 Å². The maximum Gasteiger partial charge on any atom is 0.129 e. The highest BCUT2D eigenvalue weighted by molar-refractivity contribution is 5.51. The molecule has 0 aliphatic heterocycles. The summed E-state index contributed by atoms with van der Waals surface area (Å²) in [6.07, 6.45) is 2.63. The molecule has 0 saturated carbocycles. The first-order chi connectivity index (χ1) is 6.63. The Morgan fingerprint density at radius 1 is 1.50 bits per heavy atom. The summed E-state index contributed by atoms with van der Waals surface area (Å²) < 4.78 is 0. The Morgan fingerprint density at radius 2 is 2.21 bits per heavy atom. The van der Waals surface area contributed by atoms with E-state index in [-0.39, 0.29) is 0 Å². The molecular formula is C10H18N4. The van der Waals surface area contributed by atoms with Crippen molar-refractivity contribution in [3.63, 3.8) is 0 Å². The summed E-state index contributed by atoms with van der Waals surface area (Å²) in [5, 5.41) is 3.06. The van der Waals surface area contributed by atoms with Gasteiger partial charge in [-0.1, -0.05) is 0 Å². The third-order valence-electron chi connectivity index (χ3n) is 2.05. The summed E-state index contributed by atoms with van der Waals surface area (Å²) in [6.45, 7) is 1.000. The van der Waals surface area contributed by atoms with E-state index in [0.29, 0.717) is 0 Å². The predicted octanol–water partition coefficient (Wildman–Crippen LogP) is 0.810. The van der Waals surface area contributed by atoms with Gasteiger partial charge >= 0.3 is 0 Å². The molecule has 1 rings (SSSR count). The molecule has 78 valence electrons. The lowest BCUT2D eigenvalue weighted by Gasteiger charge is -2.12. The molecule has 4 nitrogen and oxygen atoms in total. The van der Waals surface area contributed by atoms with Crippen LogP contribution in [0, 0.1) is 0 Å². The minimum Gasteiger partial charge on any atom is -0.397 e. The third kappa shape index (κ3) is 2.88. The van der Waals surface area contributed by atoms with Crippen molar-refractivity contribution in [3.8, 4) is 0 Å². The van der Waals surface area contributed by atoms with Crippen molar-refractivity contribution in [2.75, 3.05) is 38.7 Å². The van der Waals surface area contributed by atoms with Crippen LogP contribution in [0.4, 0.5) is 11.5 Å². The molecule has 0 atom stereocenters. The Bertz CT molecular complexity index is 296. The molecule has 0 aromatic carbocycles. The first-order valence-corrected chi connectivity index (χ1v) is 4.70. The van der Waals surface area contributed by atoms with Gasteiger partial charge in [-0.05, 0) is 32.1 Å². The lowest BCUT2D eigenvalue weighted by Crippen LogP contribution is -2.16. The predicted molar refractivity (Wildman–Crippen MR) is 60.5 cm³/mol. The molecule has 0 amide bonds. The highest BCUT2D eigenvalue weighted by Crippen LogP contribution is 2.15. The Labute approximate surface area is 85.1 Å². The van der Waals surface area contributed by atoms with E-state index in [1.54, 1.807) is 6.20 Å². The second-order valence-corrected chi connectivity index (χ2v) is 3.58. The number of nitrogens with one attached hydrogen (secondary N) is 1. The quantitative estimate of drug-likeness (QED) is 0.744. The fraction of sp³-hybridized carbons (Fsp3) is 0.500. The Balaban J connectivity index is 2.77. The largest absolute Gasteiger partial charge is 0.397 e. The average Bonchev–Trinajstić information content (AvgIpc) is 2.15. The summed E-state index contributed by atoms with van der Waals surface area (Å²) in [4.78, 5) is 6.36. The number of anilines is 2. The number of pyridine rings is 1. The van der Waals surface area contributed by atoms with Crippen molar-refractivity contribution in [1.82, 2.24) is 9.88 Å². The van der Waals surface area contributed by atoms with Gasteiger partial charge in [0.25, 0.3) is 0 Å². The van der Waals surface area contributed by atoms with Gasteiger partial charge in [-0.3, -0.25) is 0 Å². The van der Waals surface area contributed by atoms with Crippen LogP contribution in [0.1, 0.15) is 5.56 Å². The van der Waals surface area contributed by atoms with Crippen LogP contribution in [-0.2, 0) is 6.42 Å². The average molecular weight is 194 g/mol. The van der Waals surface area contributed by atoms with Crippen LogP contribution in [0.15, 0.2) is 12.3 Å². The van der Waals surface area contributed by atoms with Gasteiger partial charge in [0, 0.05) is 13.6 Å². The van der Waals surface area contributed by atoms with Gasteiger partial charge in [0.2, 0.25) is 0 Å². The van der Waals surface area contributed by atoms with E-state index in [9.17, 15) is 0 Å². The molecule has 1 heterocycles. The number of rotatable bonds is 4. The smallest absolute Gasteiger partial charge is 0.129 e. The second-order valence-electron chi connectivity index (χ2n) is 3.58. The van der Waals surface area contributed by atoms with Crippen LogP contribution in [0.5, 0.6) is 0 Å². The van der Waals surface area contributed by atoms with Gasteiger partial charge in [0.05, 0.1) is 11.9 Å². The first-order valence-electron chi connectivity index (χ1n) is 4.70. The standard InChI is InChI=1S/C10H18N4/c1-12-10-8(4-5-14(2)3)6-9(11)7-13-10/h6-7H,4-5,11H2,1-3H3,(H,12,13). The third-order valence-corrected chi connectivity index (χ3v) is 2.05. The molecule has 0 bridgehead atoms. The van der Waals surface area contributed by atoms with Crippen molar-refractivity contribution in [3.05, 3.63) is 17.8 Å². The van der Waals surface area contributed by atoms with Crippen LogP contribution in [0.2, 0.25) is 0 Å². The monoisotopic (exact) mass is 194 g/mol. The molecule has 14 heavy (non-hydrogen) atoms. The summed E-state index contributed by atoms with van der Waals surface area (Å²) in [7, 11) is 5.98. The van der Waals surface area contributed by atoms with Crippen molar-refractivity contribution in [2.24, 2.45) is 0 Å². The lowest BCUT2D eigenvalue weighted by atomic mass is 10.1. The van der Waals surface area contributed by atoms with Crippen LogP contribution >= 0.6 is 0 Å². The fourth-order valence-electron chi connectivity index (χ4n) is 1.29. The number of nitrogens with two attached hydrogens (primary N) is 1. The van der Waals surface area contributed by atoms with E-state index < -0.39 is 0 Å². The van der Waals surface area contributed by atoms with Crippen molar-refractivity contribution >= 4 is 11.5 Å². The van der Waals surface area contributed by atoms with Crippen LogP contribution in [0.3, 0.4) is 0 Å². The van der Waals surface area contributed by atoms with Crippen molar-refractivity contribution in [1.29, 1.82) is 0 Å². The number of aromatic nitrogens is 1. The Hall–Kier alpha value is -1.29. The van der Waals surface area contributed by atoms with Gasteiger partial charge in [0.15, 0.2) is 0 Å². The van der Waals surface area contributed by atoms with Crippen molar-refractivity contribution < 1.29 is 0 Å². The fourth-order valence-corrected chi connectivity index (χ4v) is 1.29. The van der Waals surface area contributed by atoms with Crippen LogP contribution in [0.25, 0.3) is 0 Å². The topological polar surface area (TPSA) is 54.2 Å². The van der Waals surface area contributed by atoms with E-state index in [4.69, 9.17) is 5.73 Å². The second kappa shape index (κ2) is 4.81. The number of nitrogen functional groups attached to an aromatic ring is 1. The molecular weight excluding hydrogens is 176 g/mol. The van der Waals surface area contributed by atoms with Crippen LogP contribution in [-0.4, -0.2) is 37.6 Å². The van der Waals surface area contributed by atoms with E-state index in [1.807, 2.05) is 13.1 Å². The summed E-state index contributed by atoms with van der Waals surface area (Å²) in [5.41, 5.74) is 7.57. The minimum absolute atomic E-state index is 0.720. The lowest BCUT2D eigenvalue weighted by molar-refractivity contribution is 0.414. The molecule has 0 fully saturated rings. The van der Waals surface area contributed by atoms with Crippen molar-refractivity contribution in [2.45, 2.75) is 6.42 Å². The Morgan fingerprint density at radius 3 is 2.79 bits per heavy atom. The number of hydrogen-bond acceptors (Lipinski definition) is 4. The van der Waals surface area contributed by atoms with E-state index >= 15 is 0 Å². The SMILES string of the molecule is CNc1ncc(N)cc1CCN(C)C. The van der Waals surface area contributed by atoms with E-state index in [2.05, 4.69) is 29.3 Å². The van der Waals surface area contributed by atoms with Gasteiger partial charge < -0.3 is 16.0 Å². The number of nitrogens with zero attached hydrogens (tertiary/aromatic N) is 2. The zero-order valence-electron chi connectivity index (χ0n) is 9.04. The summed E-state index contributed by atoms with van der Waals surface area (Å²) in [6, 6.07) is 1.97. The maximum atomic E-state index is 5.68. The first kappa shape index (κ1) is 10.8. The summed E-state index contributed by atoms with van der Waals surface area (Å²) in [5.74, 6) is 0.918. The van der Waals surface area contributed by atoms with E-state index in [1.165, 1.54) is 5.56 Å². The van der Waals surface area contributed by atoms with Gasteiger partial charge in [-0.25, -0.2) is 4.98 Å². The molecule has 0 spiro atoms. The molecule has 0 saturated heterocycles. The Kier molecular flexibility index (Phi) is 3.71. The van der Waals surface area contributed by atoms with Gasteiger partial charge in [-0.15, -0.1) is 0 Å². The minimum atomic E-state index is 0.720. The molecule has 1 aromatic rings. The molecule has 3 N–H and O–H groups in total.